The molecule has 0 aliphatic carbocycles. The number of anilines is 1. The number of hydrogen-bond donors (Lipinski definition) is 2. The number of nitrogens with two attached hydrogens (primary N) is 1. The predicted octanol–water partition coefficient (Wildman–Crippen LogP) is -0.332. The Labute approximate surface area is 51.1 Å². The third kappa shape index (κ3) is 0.861. The van der Waals surface area contributed by atoms with Crippen molar-refractivity contribution in [1.82, 2.24) is 4.73 Å². The summed E-state index contributed by atoms with van der Waals surface area (Å²) in [6, 6.07) is 2.91. The van der Waals surface area contributed by atoms with E-state index in [9.17, 15) is 4.79 Å². The Kier molecular flexibility index (Phi) is 1.14. The van der Waals surface area contributed by atoms with E-state index in [1.54, 1.807) is 0 Å². The van der Waals surface area contributed by atoms with Crippen LogP contribution < -0.4 is 11.3 Å². The van der Waals surface area contributed by atoms with Gasteiger partial charge < -0.3 is 10.9 Å². The van der Waals surface area contributed by atoms with E-state index < -0.39 is 5.56 Å². The minimum absolute atomic E-state index is 0.0417. The summed E-state index contributed by atoms with van der Waals surface area (Å²) in [5.74, 6) is 0. The molecule has 0 unspecified atom stereocenters. The molecule has 1 heterocycles. The number of aromatic nitrogens is 1. The molecule has 0 aromatic carbocycles. The van der Waals surface area contributed by atoms with Crippen LogP contribution in [0.2, 0.25) is 0 Å². The van der Waals surface area contributed by atoms with Crippen LogP contribution in [0.4, 0.5) is 5.69 Å². The summed E-state index contributed by atoms with van der Waals surface area (Å²) in [4.78, 5) is 10.6. The average Bonchev–Trinajstić information content (AvgIpc) is 1.83. The summed E-state index contributed by atoms with van der Waals surface area (Å²) in [7, 11) is 0. The van der Waals surface area contributed by atoms with Gasteiger partial charge in [-0.2, -0.15) is 4.73 Å². The van der Waals surface area contributed by atoms with Crippen molar-refractivity contribution in [2.75, 3.05) is 5.73 Å². The molecule has 0 aliphatic heterocycles. The van der Waals surface area contributed by atoms with Gasteiger partial charge in [0.25, 0.3) is 0 Å². The molecule has 4 nitrogen and oxygen atoms in total. The van der Waals surface area contributed by atoms with Crippen molar-refractivity contribution < 1.29 is 5.21 Å². The van der Waals surface area contributed by atoms with Gasteiger partial charge in [0.15, 0.2) is 0 Å². The normalized spacial score (nSPS) is 9.33. The Hall–Kier alpha value is -1.45. The molecule has 0 spiro atoms. The van der Waals surface area contributed by atoms with Gasteiger partial charge in [-0.05, 0) is 12.1 Å². The van der Waals surface area contributed by atoms with Crippen LogP contribution in [-0.2, 0) is 0 Å². The van der Waals surface area contributed by atoms with E-state index in [-0.39, 0.29) is 5.69 Å². The lowest BCUT2D eigenvalue weighted by Crippen LogP contribution is -2.19. The van der Waals surface area contributed by atoms with Crippen LogP contribution in [0.3, 0.4) is 0 Å². The molecule has 0 atom stereocenters. The Bertz CT molecular complexity index is 243. The van der Waals surface area contributed by atoms with Crippen molar-refractivity contribution in [3.63, 3.8) is 0 Å². The van der Waals surface area contributed by atoms with E-state index in [1.165, 1.54) is 18.3 Å². The van der Waals surface area contributed by atoms with Gasteiger partial charge in [0, 0.05) is 6.20 Å². The van der Waals surface area contributed by atoms with Crippen molar-refractivity contribution in [3.8, 4) is 0 Å². The fraction of sp³-hybridized carbons (Fsp3) is 0. The third-order valence-corrected chi connectivity index (χ3v) is 0.958. The Morgan fingerprint density at radius 3 is 2.78 bits per heavy atom. The van der Waals surface area contributed by atoms with E-state index in [1.807, 2.05) is 0 Å². The first kappa shape index (κ1) is 5.68. The summed E-state index contributed by atoms with van der Waals surface area (Å²) >= 11 is 0. The maximum absolute atomic E-state index is 10.6. The highest BCUT2D eigenvalue weighted by Crippen LogP contribution is 1.87. The largest absolute Gasteiger partial charge is 0.425 e. The molecule has 1 rings (SSSR count). The van der Waals surface area contributed by atoms with E-state index in [2.05, 4.69) is 0 Å². The number of nitrogen functional groups attached to an aromatic ring is 1. The van der Waals surface area contributed by atoms with E-state index >= 15 is 0 Å². The molecule has 9 heavy (non-hydrogen) atoms. The molecule has 0 fully saturated rings. The number of rotatable bonds is 0. The molecule has 0 saturated carbocycles. The number of nitrogens with zero attached hydrogens (tertiary/aromatic N) is 1. The number of pyridine rings is 1. The maximum Gasteiger partial charge on any atom is 0.305 e. The van der Waals surface area contributed by atoms with Crippen LogP contribution >= 0.6 is 0 Å². The van der Waals surface area contributed by atoms with Crippen LogP contribution in [0.5, 0.6) is 0 Å². The Morgan fingerprint density at radius 2 is 2.33 bits per heavy atom. The third-order valence-electron chi connectivity index (χ3n) is 0.958. The van der Waals surface area contributed by atoms with Crippen LogP contribution in [0.1, 0.15) is 0 Å². The standard InChI is InChI=1S/C5H6N2O2/c6-4-2-1-3-7(9)5(4)8/h1-3,9H,6H2. The molecule has 0 bridgehead atoms. The molecule has 3 N–H and O–H groups in total. The maximum atomic E-state index is 10.6. The van der Waals surface area contributed by atoms with Gasteiger partial charge in [0.1, 0.15) is 5.69 Å². The van der Waals surface area contributed by atoms with Gasteiger partial charge in [-0.15, -0.1) is 0 Å². The zero-order valence-corrected chi connectivity index (χ0v) is 4.61. The molecule has 1 aromatic rings. The van der Waals surface area contributed by atoms with Gasteiger partial charge in [0.05, 0.1) is 0 Å². The van der Waals surface area contributed by atoms with Gasteiger partial charge in [-0.25, -0.2) is 0 Å². The van der Waals surface area contributed by atoms with E-state index in [4.69, 9.17) is 10.9 Å². The highest BCUT2D eigenvalue weighted by molar-refractivity contribution is 5.32. The van der Waals surface area contributed by atoms with Crippen LogP contribution in [0, 0.1) is 0 Å². The Morgan fingerprint density at radius 1 is 1.67 bits per heavy atom. The quantitative estimate of drug-likeness (QED) is 0.467. The molecule has 4 heteroatoms. The molecular formula is C5H6N2O2. The fourth-order valence-electron chi connectivity index (χ4n) is 0.499. The van der Waals surface area contributed by atoms with Crippen LogP contribution in [-0.4, -0.2) is 9.94 Å². The van der Waals surface area contributed by atoms with Crippen molar-refractivity contribution in [1.29, 1.82) is 0 Å². The topological polar surface area (TPSA) is 68.2 Å². The highest BCUT2D eigenvalue weighted by atomic mass is 16.5. The van der Waals surface area contributed by atoms with E-state index in [0.717, 1.165) is 0 Å². The summed E-state index contributed by atoms with van der Waals surface area (Å²) in [6.07, 6.45) is 1.22. The first-order valence-corrected chi connectivity index (χ1v) is 2.38. The molecular weight excluding hydrogens is 120 g/mol. The average molecular weight is 126 g/mol. The van der Waals surface area contributed by atoms with Crippen molar-refractivity contribution in [2.24, 2.45) is 0 Å². The van der Waals surface area contributed by atoms with Gasteiger partial charge >= 0.3 is 5.56 Å². The lowest BCUT2D eigenvalue weighted by atomic mass is 10.4. The minimum atomic E-state index is -0.586. The van der Waals surface area contributed by atoms with Crippen molar-refractivity contribution in [2.45, 2.75) is 0 Å². The van der Waals surface area contributed by atoms with Crippen LogP contribution in [0.15, 0.2) is 23.1 Å². The molecule has 0 radical (unpaired) electrons. The minimum Gasteiger partial charge on any atom is -0.425 e. The van der Waals surface area contributed by atoms with Gasteiger partial charge in [0.2, 0.25) is 0 Å². The zero-order chi connectivity index (χ0) is 6.85. The highest BCUT2D eigenvalue weighted by Gasteiger charge is 1.92. The SMILES string of the molecule is Nc1cccn(O)c1=O. The fourth-order valence-corrected chi connectivity index (χ4v) is 0.499. The second-order valence-electron chi connectivity index (χ2n) is 1.61. The summed E-state index contributed by atoms with van der Waals surface area (Å²) in [5.41, 5.74) is 4.58. The van der Waals surface area contributed by atoms with Crippen LogP contribution in [0.25, 0.3) is 0 Å². The Balaban J connectivity index is 3.43. The lowest BCUT2D eigenvalue weighted by molar-refractivity contribution is 0.175. The summed E-state index contributed by atoms with van der Waals surface area (Å²) in [5, 5.41) is 8.62. The first-order valence-electron chi connectivity index (χ1n) is 2.38. The lowest BCUT2D eigenvalue weighted by Gasteiger charge is -1.93. The summed E-state index contributed by atoms with van der Waals surface area (Å²) in [6.45, 7) is 0. The number of hydrogen-bond acceptors (Lipinski definition) is 3. The molecule has 48 valence electrons. The molecule has 0 amide bonds. The van der Waals surface area contributed by atoms with Crippen molar-refractivity contribution >= 4 is 5.69 Å². The summed E-state index contributed by atoms with van der Waals surface area (Å²) < 4.78 is 0.440. The van der Waals surface area contributed by atoms with Crippen molar-refractivity contribution in [3.05, 3.63) is 28.7 Å². The molecule has 1 aromatic heterocycles. The molecule has 0 aliphatic rings. The first-order chi connectivity index (χ1) is 4.22. The zero-order valence-electron chi connectivity index (χ0n) is 4.61. The van der Waals surface area contributed by atoms with Gasteiger partial charge in [-0.3, -0.25) is 4.79 Å². The second kappa shape index (κ2) is 1.81. The van der Waals surface area contributed by atoms with E-state index in [0.29, 0.717) is 4.73 Å². The second-order valence-corrected chi connectivity index (χ2v) is 1.61. The monoisotopic (exact) mass is 126 g/mol. The predicted molar refractivity (Wildman–Crippen MR) is 32.3 cm³/mol. The molecule has 0 saturated heterocycles. The van der Waals surface area contributed by atoms with Gasteiger partial charge in [-0.1, -0.05) is 0 Å². The smallest absolute Gasteiger partial charge is 0.305 e.